The van der Waals surface area contributed by atoms with Gasteiger partial charge in [0.2, 0.25) is 10.0 Å². The Hall–Kier alpha value is -0.900. The number of nitrogens with two attached hydrogens (primary N) is 1. The second-order valence-electron chi connectivity index (χ2n) is 3.63. The van der Waals surface area contributed by atoms with Gasteiger partial charge in [0.05, 0.1) is 12.2 Å². The molecule has 0 spiro atoms. The van der Waals surface area contributed by atoms with E-state index >= 15 is 0 Å². The summed E-state index contributed by atoms with van der Waals surface area (Å²) in [6.07, 6.45) is 1.37. The number of sulfonamides is 1. The molecular formula is C10H9Br2N3O3S. The molecule has 0 aliphatic carbocycles. The molecule has 0 unspecified atom stereocenters. The van der Waals surface area contributed by atoms with Crippen LogP contribution in [0.15, 0.2) is 42.8 Å². The zero-order chi connectivity index (χ0) is 14.0. The van der Waals surface area contributed by atoms with E-state index in [-0.39, 0.29) is 11.4 Å². The lowest BCUT2D eigenvalue weighted by atomic mass is 10.3. The predicted octanol–water partition coefficient (Wildman–Crippen LogP) is 2.26. The molecule has 1 aromatic carbocycles. The summed E-state index contributed by atoms with van der Waals surface area (Å²) < 4.78 is 32.2. The SMILES string of the molecule is Nc1cc(Br)c(S(=O)(=O)NCc2ccon2)c(Br)c1. The lowest BCUT2D eigenvalue weighted by molar-refractivity contribution is 0.411. The molecule has 1 heterocycles. The van der Waals surface area contributed by atoms with Crippen molar-refractivity contribution in [1.29, 1.82) is 0 Å². The van der Waals surface area contributed by atoms with E-state index in [4.69, 9.17) is 5.73 Å². The molecule has 6 nitrogen and oxygen atoms in total. The van der Waals surface area contributed by atoms with E-state index < -0.39 is 10.0 Å². The monoisotopic (exact) mass is 409 g/mol. The fraction of sp³-hybridized carbons (Fsp3) is 0.100. The van der Waals surface area contributed by atoms with E-state index in [1.807, 2.05) is 0 Å². The molecule has 0 bridgehead atoms. The number of hydrogen-bond donors (Lipinski definition) is 2. The number of hydrogen-bond acceptors (Lipinski definition) is 5. The first-order valence-corrected chi connectivity index (χ1v) is 8.10. The summed E-state index contributed by atoms with van der Waals surface area (Å²) in [5.41, 5.74) is 6.57. The van der Waals surface area contributed by atoms with E-state index in [1.54, 1.807) is 6.07 Å². The Labute approximate surface area is 126 Å². The van der Waals surface area contributed by atoms with Crippen molar-refractivity contribution >= 4 is 47.6 Å². The highest BCUT2D eigenvalue weighted by atomic mass is 79.9. The molecule has 1 aromatic heterocycles. The highest BCUT2D eigenvalue weighted by molar-refractivity contribution is 9.11. The van der Waals surface area contributed by atoms with Gasteiger partial charge in [-0.05, 0) is 44.0 Å². The highest BCUT2D eigenvalue weighted by Gasteiger charge is 2.21. The van der Waals surface area contributed by atoms with Crippen LogP contribution < -0.4 is 10.5 Å². The van der Waals surface area contributed by atoms with Gasteiger partial charge in [-0.2, -0.15) is 0 Å². The molecule has 2 rings (SSSR count). The fourth-order valence-electron chi connectivity index (χ4n) is 1.41. The Morgan fingerprint density at radius 1 is 1.32 bits per heavy atom. The lowest BCUT2D eigenvalue weighted by Crippen LogP contribution is -2.24. The molecule has 0 saturated carbocycles. The van der Waals surface area contributed by atoms with Crippen LogP contribution in [0.2, 0.25) is 0 Å². The molecule has 2 aromatic rings. The molecule has 0 saturated heterocycles. The lowest BCUT2D eigenvalue weighted by Gasteiger charge is -2.10. The van der Waals surface area contributed by atoms with Gasteiger partial charge in [-0.25, -0.2) is 13.1 Å². The maximum atomic E-state index is 12.2. The maximum Gasteiger partial charge on any atom is 0.243 e. The van der Waals surface area contributed by atoms with Crippen LogP contribution in [0.3, 0.4) is 0 Å². The Kier molecular flexibility index (Phi) is 4.29. The van der Waals surface area contributed by atoms with Crippen molar-refractivity contribution in [3.05, 3.63) is 39.1 Å². The molecule has 19 heavy (non-hydrogen) atoms. The molecule has 0 aliphatic heterocycles. The van der Waals surface area contributed by atoms with Crippen LogP contribution in [0, 0.1) is 0 Å². The largest absolute Gasteiger partial charge is 0.399 e. The number of nitrogens with zero attached hydrogens (tertiary/aromatic N) is 1. The zero-order valence-corrected chi connectivity index (χ0v) is 13.4. The minimum Gasteiger partial charge on any atom is -0.399 e. The van der Waals surface area contributed by atoms with Crippen molar-refractivity contribution in [2.45, 2.75) is 11.4 Å². The number of nitrogen functional groups attached to an aromatic ring is 1. The first-order valence-electron chi connectivity index (χ1n) is 5.03. The number of anilines is 1. The Balaban J connectivity index is 2.29. The Bertz CT molecular complexity index is 663. The number of benzene rings is 1. The minimum absolute atomic E-state index is 0.0437. The summed E-state index contributed by atoms with van der Waals surface area (Å²) in [7, 11) is -3.70. The van der Waals surface area contributed by atoms with Crippen LogP contribution in [0.5, 0.6) is 0 Å². The topological polar surface area (TPSA) is 98.2 Å². The molecule has 3 N–H and O–H groups in total. The average molecular weight is 411 g/mol. The normalized spacial score (nSPS) is 11.7. The first kappa shape index (κ1) is 14.5. The van der Waals surface area contributed by atoms with Crippen molar-refractivity contribution in [3.63, 3.8) is 0 Å². The quantitative estimate of drug-likeness (QED) is 0.753. The van der Waals surface area contributed by atoms with Gasteiger partial charge in [-0.3, -0.25) is 0 Å². The Morgan fingerprint density at radius 3 is 2.47 bits per heavy atom. The minimum atomic E-state index is -3.70. The molecule has 9 heteroatoms. The summed E-state index contributed by atoms with van der Waals surface area (Å²) in [6, 6.07) is 4.63. The Morgan fingerprint density at radius 2 is 1.95 bits per heavy atom. The summed E-state index contributed by atoms with van der Waals surface area (Å²) in [4.78, 5) is 0.0881. The highest BCUT2D eigenvalue weighted by Crippen LogP contribution is 2.32. The van der Waals surface area contributed by atoms with E-state index in [9.17, 15) is 8.42 Å². The molecule has 0 amide bonds. The standard InChI is InChI=1S/C10H9Br2N3O3S/c11-8-3-6(13)4-9(12)10(8)19(16,17)14-5-7-1-2-18-15-7/h1-4,14H,5,13H2. The number of halogens is 2. The smallest absolute Gasteiger partial charge is 0.243 e. The molecular weight excluding hydrogens is 402 g/mol. The summed E-state index contributed by atoms with van der Waals surface area (Å²) in [6.45, 7) is 0.0437. The van der Waals surface area contributed by atoms with Crippen LogP contribution in [0.25, 0.3) is 0 Å². The first-order chi connectivity index (χ1) is 8.90. The van der Waals surface area contributed by atoms with Crippen molar-refractivity contribution in [1.82, 2.24) is 9.88 Å². The van der Waals surface area contributed by atoms with Gasteiger partial charge >= 0.3 is 0 Å². The van der Waals surface area contributed by atoms with Crippen LogP contribution >= 0.6 is 31.9 Å². The summed E-state index contributed by atoms with van der Waals surface area (Å²) >= 11 is 6.38. The van der Waals surface area contributed by atoms with Crippen LogP contribution in [-0.2, 0) is 16.6 Å². The van der Waals surface area contributed by atoms with E-state index in [1.165, 1.54) is 18.4 Å². The molecule has 0 aliphatic rings. The van der Waals surface area contributed by atoms with E-state index in [0.717, 1.165) is 0 Å². The van der Waals surface area contributed by atoms with Crippen molar-refractivity contribution in [2.75, 3.05) is 5.73 Å². The second-order valence-corrected chi connectivity index (χ2v) is 7.04. The number of nitrogens with one attached hydrogen (secondary N) is 1. The van der Waals surface area contributed by atoms with Gasteiger partial charge in [-0.15, -0.1) is 0 Å². The zero-order valence-electron chi connectivity index (χ0n) is 9.43. The second kappa shape index (κ2) is 5.61. The van der Waals surface area contributed by atoms with E-state index in [0.29, 0.717) is 20.3 Å². The molecule has 0 fully saturated rings. The average Bonchev–Trinajstić information content (AvgIpc) is 2.77. The third-order valence-corrected chi connectivity index (χ3v) is 5.50. The fourth-order valence-corrected chi connectivity index (χ4v) is 5.02. The van der Waals surface area contributed by atoms with Gasteiger partial charge < -0.3 is 10.3 Å². The molecule has 0 radical (unpaired) electrons. The summed E-state index contributed by atoms with van der Waals surface area (Å²) in [5.74, 6) is 0. The van der Waals surface area contributed by atoms with Crippen molar-refractivity contribution in [2.24, 2.45) is 0 Å². The van der Waals surface area contributed by atoms with E-state index in [2.05, 4.69) is 46.3 Å². The number of rotatable bonds is 4. The van der Waals surface area contributed by atoms with Crippen LogP contribution in [0.4, 0.5) is 5.69 Å². The maximum absolute atomic E-state index is 12.2. The third kappa shape index (κ3) is 3.35. The van der Waals surface area contributed by atoms with Gasteiger partial charge in [0.1, 0.15) is 11.2 Å². The molecule has 0 atom stereocenters. The van der Waals surface area contributed by atoms with Gasteiger partial charge in [0.15, 0.2) is 0 Å². The van der Waals surface area contributed by atoms with Gasteiger partial charge in [-0.1, -0.05) is 5.16 Å². The molecule has 102 valence electrons. The van der Waals surface area contributed by atoms with Crippen molar-refractivity contribution < 1.29 is 12.9 Å². The van der Waals surface area contributed by atoms with Crippen LogP contribution in [-0.4, -0.2) is 13.6 Å². The third-order valence-electron chi connectivity index (χ3n) is 2.22. The van der Waals surface area contributed by atoms with Crippen LogP contribution in [0.1, 0.15) is 5.69 Å². The van der Waals surface area contributed by atoms with Crippen molar-refractivity contribution in [3.8, 4) is 0 Å². The van der Waals surface area contributed by atoms with Gasteiger partial charge in [0, 0.05) is 20.7 Å². The van der Waals surface area contributed by atoms with Gasteiger partial charge in [0.25, 0.3) is 0 Å². The summed E-state index contributed by atoms with van der Waals surface area (Å²) in [5, 5.41) is 3.63. The number of aromatic nitrogens is 1. The predicted molar refractivity (Wildman–Crippen MR) is 76.8 cm³/mol.